The summed E-state index contributed by atoms with van der Waals surface area (Å²) in [5.41, 5.74) is 15.9. The van der Waals surface area contributed by atoms with Crippen molar-refractivity contribution in [1.82, 2.24) is 0 Å². The van der Waals surface area contributed by atoms with E-state index in [1.807, 2.05) is 0 Å². The van der Waals surface area contributed by atoms with Crippen molar-refractivity contribution in [3.63, 3.8) is 0 Å². The van der Waals surface area contributed by atoms with E-state index in [2.05, 4.69) is 10.0 Å². The predicted molar refractivity (Wildman–Crippen MR) is 92.2 cm³/mol. The highest BCUT2D eigenvalue weighted by Gasteiger charge is 2.29. The van der Waals surface area contributed by atoms with E-state index in [0.29, 0.717) is 22.3 Å². The van der Waals surface area contributed by atoms with E-state index < -0.39 is 16.0 Å². The summed E-state index contributed by atoms with van der Waals surface area (Å²) in [7, 11) is 0. The van der Waals surface area contributed by atoms with Crippen LogP contribution in [0, 0.1) is 0 Å². The number of hydrogen-bond donors (Lipinski definition) is 1. The molecule has 0 atom stereocenters. The van der Waals surface area contributed by atoms with Crippen molar-refractivity contribution in [2.45, 2.75) is 5.54 Å². The van der Waals surface area contributed by atoms with Crippen molar-refractivity contribution in [3.05, 3.63) is 81.2 Å². The van der Waals surface area contributed by atoms with E-state index in [4.69, 9.17) is 34.5 Å². The molecule has 0 aliphatic carbocycles. The Balaban J connectivity index is 2.50. The summed E-state index contributed by atoms with van der Waals surface area (Å²) in [6.07, 6.45) is 0. The minimum absolute atomic E-state index is 0.0498. The molecule has 0 radical (unpaired) electrons. The van der Waals surface area contributed by atoms with E-state index in [1.54, 1.807) is 48.5 Å². The first-order valence-electron chi connectivity index (χ1n) is 6.79. The van der Waals surface area contributed by atoms with Crippen molar-refractivity contribution in [2.75, 3.05) is 6.54 Å². The average molecular weight is 363 g/mol. The summed E-state index contributed by atoms with van der Waals surface area (Å²) < 4.78 is 0. The fraction of sp³-hybridized carbons (Fsp3) is 0.125. The third kappa shape index (κ3) is 3.75. The second-order valence-electron chi connectivity index (χ2n) is 5.06. The average Bonchev–Trinajstić information content (AvgIpc) is 2.59. The van der Waals surface area contributed by atoms with Crippen LogP contribution >= 0.6 is 23.2 Å². The minimum Gasteiger partial charge on any atom is -0.318 e. The summed E-state index contributed by atoms with van der Waals surface area (Å²) >= 11 is 10.9. The third-order valence-electron chi connectivity index (χ3n) is 3.64. The number of hydrogen-bond acceptors (Lipinski definition) is 4. The van der Waals surface area contributed by atoms with E-state index >= 15 is 0 Å². The molecule has 2 N–H and O–H groups in total. The van der Waals surface area contributed by atoms with Gasteiger partial charge in [0.1, 0.15) is 0 Å². The van der Waals surface area contributed by atoms with Gasteiger partial charge in [-0.1, -0.05) is 29.4 Å². The number of carbonyl (C=O) groups is 2. The molecule has 0 fully saturated rings. The maximum absolute atomic E-state index is 11.2. The van der Waals surface area contributed by atoms with Crippen LogP contribution in [0.4, 0.5) is 0 Å². The van der Waals surface area contributed by atoms with E-state index in [-0.39, 0.29) is 6.54 Å². The van der Waals surface area contributed by atoms with Crippen molar-refractivity contribution >= 4 is 33.7 Å². The molecule has 0 aliphatic heterocycles. The number of azide groups is 1. The van der Waals surface area contributed by atoms with E-state index in [0.717, 1.165) is 0 Å². The van der Waals surface area contributed by atoms with Gasteiger partial charge in [0.15, 0.2) is 0 Å². The van der Waals surface area contributed by atoms with Gasteiger partial charge in [0.2, 0.25) is 0 Å². The molecule has 24 heavy (non-hydrogen) atoms. The molecule has 2 aromatic carbocycles. The number of halogens is 2. The number of rotatable bonds is 6. The minimum atomic E-state index is -1.13. The first-order chi connectivity index (χ1) is 11.4. The lowest BCUT2D eigenvalue weighted by atomic mass is 9.83. The number of benzene rings is 2. The van der Waals surface area contributed by atoms with Crippen LogP contribution in [-0.2, 0) is 5.54 Å². The molecule has 0 saturated heterocycles. The van der Waals surface area contributed by atoms with Crippen LogP contribution in [0.3, 0.4) is 0 Å². The lowest BCUT2D eigenvalue weighted by molar-refractivity contribution is 0.107. The predicted octanol–water partition coefficient (Wildman–Crippen LogP) is 3.96. The van der Waals surface area contributed by atoms with Gasteiger partial charge in [-0.25, -0.2) is 0 Å². The Hall–Kier alpha value is -2.37. The van der Waals surface area contributed by atoms with Crippen molar-refractivity contribution in [2.24, 2.45) is 10.8 Å². The quantitative estimate of drug-likeness (QED) is 0.363. The molecule has 2 aromatic rings. The molecule has 0 heterocycles. The van der Waals surface area contributed by atoms with Crippen molar-refractivity contribution in [1.29, 1.82) is 0 Å². The van der Waals surface area contributed by atoms with E-state index in [1.165, 1.54) is 0 Å². The SMILES string of the molecule is [N-]=[N+]=NCC(N)(c1ccc(C(=O)Cl)cc1)c1ccc(C(=O)Cl)cc1. The summed E-state index contributed by atoms with van der Waals surface area (Å²) in [6.45, 7) is -0.0498. The van der Waals surface area contributed by atoms with Crippen molar-refractivity contribution < 1.29 is 9.59 Å². The Kier molecular flexibility index (Phi) is 5.59. The van der Waals surface area contributed by atoms with Crippen molar-refractivity contribution in [3.8, 4) is 0 Å². The highest BCUT2D eigenvalue weighted by Crippen LogP contribution is 2.29. The zero-order chi connectivity index (χ0) is 17.7. The monoisotopic (exact) mass is 362 g/mol. The van der Waals surface area contributed by atoms with Gasteiger partial charge in [0, 0.05) is 16.0 Å². The normalized spacial score (nSPS) is 10.8. The first kappa shape index (κ1) is 18.0. The van der Waals surface area contributed by atoms with Crippen LogP contribution in [0.15, 0.2) is 53.6 Å². The molecule has 0 spiro atoms. The smallest absolute Gasteiger partial charge is 0.252 e. The Bertz CT molecular complexity index is 755. The van der Waals surface area contributed by atoms with E-state index in [9.17, 15) is 9.59 Å². The number of nitrogens with zero attached hydrogens (tertiary/aromatic N) is 3. The molecule has 0 amide bonds. The van der Waals surface area contributed by atoms with Crippen LogP contribution in [0.1, 0.15) is 31.8 Å². The zero-order valence-corrected chi connectivity index (χ0v) is 13.8. The Labute approximate surface area is 147 Å². The van der Waals surface area contributed by atoms with Gasteiger partial charge in [-0.3, -0.25) is 9.59 Å². The summed E-state index contributed by atoms with van der Waals surface area (Å²) in [6, 6.07) is 12.7. The van der Waals surface area contributed by atoms with Crippen LogP contribution < -0.4 is 5.73 Å². The molecule has 8 heteroatoms. The van der Waals surface area contributed by atoms with Crippen LogP contribution in [-0.4, -0.2) is 17.0 Å². The number of nitrogens with two attached hydrogens (primary N) is 1. The summed E-state index contributed by atoms with van der Waals surface area (Å²) in [5.74, 6) is 0. The van der Waals surface area contributed by atoms with Gasteiger partial charge in [-0.2, -0.15) is 0 Å². The lowest BCUT2D eigenvalue weighted by Crippen LogP contribution is -2.41. The van der Waals surface area contributed by atoms with Gasteiger partial charge < -0.3 is 5.73 Å². The van der Waals surface area contributed by atoms with Crippen LogP contribution in [0.2, 0.25) is 0 Å². The molecule has 0 bridgehead atoms. The molecule has 6 nitrogen and oxygen atoms in total. The van der Waals surface area contributed by atoms with Gasteiger partial charge in [-0.05, 0) is 64.1 Å². The van der Waals surface area contributed by atoms with Gasteiger partial charge in [-0.15, -0.1) is 0 Å². The molecule has 2 rings (SSSR count). The van der Waals surface area contributed by atoms with Crippen LogP contribution in [0.25, 0.3) is 10.4 Å². The van der Waals surface area contributed by atoms with Gasteiger partial charge in [0.05, 0.1) is 12.1 Å². The lowest BCUT2D eigenvalue weighted by Gasteiger charge is -2.29. The molecule has 0 unspecified atom stereocenters. The molecule has 0 aliphatic rings. The Morgan fingerprint density at radius 1 is 0.958 bits per heavy atom. The topological polar surface area (TPSA) is 109 Å². The Morgan fingerprint density at radius 2 is 1.33 bits per heavy atom. The first-order valence-corrected chi connectivity index (χ1v) is 7.54. The maximum Gasteiger partial charge on any atom is 0.252 e. The van der Waals surface area contributed by atoms with Gasteiger partial charge in [0.25, 0.3) is 10.5 Å². The molecular formula is C16H12Cl2N4O2. The standard InChI is InChI=1S/C16H12Cl2N4O2/c17-14(23)10-1-5-12(6-2-10)16(19,9-21-22-20)13-7-3-11(4-8-13)15(18)24/h1-8H,9,19H2. The zero-order valence-electron chi connectivity index (χ0n) is 12.3. The number of carbonyl (C=O) groups excluding carboxylic acids is 2. The molecule has 0 aromatic heterocycles. The molecule has 122 valence electrons. The molecule has 0 saturated carbocycles. The maximum atomic E-state index is 11.2. The molecular weight excluding hydrogens is 351 g/mol. The fourth-order valence-corrected chi connectivity index (χ4v) is 2.54. The summed E-state index contributed by atoms with van der Waals surface area (Å²) in [4.78, 5) is 25.1. The largest absolute Gasteiger partial charge is 0.318 e. The third-order valence-corrected chi connectivity index (χ3v) is 4.07. The highest BCUT2D eigenvalue weighted by atomic mass is 35.5. The highest BCUT2D eigenvalue weighted by molar-refractivity contribution is 6.68. The van der Waals surface area contributed by atoms with Gasteiger partial charge >= 0.3 is 0 Å². The second-order valence-corrected chi connectivity index (χ2v) is 5.75. The fourth-order valence-electron chi connectivity index (χ4n) is 2.29. The Morgan fingerprint density at radius 3 is 1.62 bits per heavy atom. The second kappa shape index (κ2) is 7.47. The van der Waals surface area contributed by atoms with Crippen LogP contribution in [0.5, 0.6) is 0 Å². The summed E-state index contributed by atoms with van der Waals surface area (Å²) in [5, 5.41) is 2.42.